The molecule has 3 nitrogen and oxygen atoms in total. The van der Waals surface area contributed by atoms with Crippen LogP contribution >= 0.6 is 0 Å². The van der Waals surface area contributed by atoms with Crippen molar-refractivity contribution >= 4 is 10.8 Å². The van der Waals surface area contributed by atoms with Gasteiger partial charge >= 0.3 is 0 Å². The fraction of sp³-hybridized carbons (Fsp3) is 0.167. The van der Waals surface area contributed by atoms with E-state index in [1.165, 1.54) is 0 Å². The zero-order chi connectivity index (χ0) is 14.8. The zero-order valence-electron chi connectivity index (χ0n) is 12.1. The lowest BCUT2D eigenvalue weighted by molar-refractivity contribution is 0.243. The molecule has 0 spiro atoms. The predicted octanol–water partition coefficient (Wildman–Crippen LogP) is 3.98. The first-order chi connectivity index (χ1) is 10.1. The average Bonchev–Trinajstić information content (AvgIpc) is 2.48. The van der Waals surface area contributed by atoms with E-state index in [1.807, 2.05) is 56.3 Å². The predicted molar refractivity (Wildman–Crippen MR) is 85.8 cm³/mol. The van der Waals surface area contributed by atoms with Gasteiger partial charge in [0.2, 0.25) is 0 Å². The van der Waals surface area contributed by atoms with Gasteiger partial charge in [-0.1, -0.05) is 30.3 Å². The van der Waals surface area contributed by atoms with E-state index in [1.54, 1.807) is 12.3 Å². The molecule has 0 amide bonds. The van der Waals surface area contributed by atoms with Gasteiger partial charge in [-0.05, 0) is 43.0 Å². The van der Waals surface area contributed by atoms with Gasteiger partial charge in [0, 0.05) is 11.8 Å². The van der Waals surface area contributed by atoms with Crippen LogP contribution in [0.4, 0.5) is 0 Å². The normalized spacial score (nSPS) is 11.0. The van der Waals surface area contributed by atoms with E-state index in [-0.39, 0.29) is 11.7 Å². The Morgan fingerprint density at radius 2 is 1.76 bits per heavy atom. The number of aromatic nitrogens is 1. The summed E-state index contributed by atoms with van der Waals surface area (Å²) in [6.45, 7) is 3.93. The summed E-state index contributed by atoms with van der Waals surface area (Å²) in [6, 6.07) is 15.7. The molecule has 3 heteroatoms. The van der Waals surface area contributed by atoms with Gasteiger partial charge in [0.1, 0.15) is 5.75 Å². The molecule has 3 aromatic rings. The molecule has 0 atom stereocenters. The molecule has 21 heavy (non-hydrogen) atoms. The summed E-state index contributed by atoms with van der Waals surface area (Å²) in [5, 5.41) is 1.58. The van der Waals surface area contributed by atoms with Crippen LogP contribution in [0.25, 0.3) is 21.9 Å². The quantitative estimate of drug-likeness (QED) is 0.788. The topological polar surface area (TPSA) is 42.1 Å². The van der Waals surface area contributed by atoms with E-state index in [9.17, 15) is 4.79 Å². The lowest BCUT2D eigenvalue weighted by Gasteiger charge is -2.11. The molecule has 0 bridgehead atoms. The first-order valence-electron chi connectivity index (χ1n) is 7.02. The molecular formula is C18H17NO2. The average molecular weight is 279 g/mol. The van der Waals surface area contributed by atoms with Crippen molar-refractivity contribution in [2.45, 2.75) is 20.0 Å². The minimum atomic E-state index is -0.0983. The number of benzene rings is 2. The molecule has 0 radical (unpaired) electrons. The minimum Gasteiger partial charge on any atom is -0.491 e. The number of nitrogens with one attached hydrogen (secondary N) is 1. The molecule has 1 aromatic heterocycles. The molecule has 0 aliphatic carbocycles. The van der Waals surface area contributed by atoms with E-state index in [0.29, 0.717) is 11.1 Å². The van der Waals surface area contributed by atoms with Gasteiger partial charge in [0.25, 0.3) is 5.56 Å². The Kier molecular flexibility index (Phi) is 3.48. The largest absolute Gasteiger partial charge is 0.491 e. The first kappa shape index (κ1) is 13.4. The number of hydrogen-bond acceptors (Lipinski definition) is 2. The van der Waals surface area contributed by atoms with E-state index in [0.717, 1.165) is 16.5 Å². The van der Waals surface area contributed by atoms with Crippen LogP contribution in [-0.4, -0.2) is 11.1 Å². The number of H-pyrrole nitrogens is 1. The summed E-state index contributed by atoms with van der Waals surface area (Å²) in [4.78, 5) is 14.9. The zero-order valence-corrected chi connectivity index (χ0v) is 12.1. The number of rotatable bonds is 3. The summed E-state index contributed by atoms with van der Waals surface area (Å²) in [7, 11) is 0. The lowest BCUT2D eigenvalue weighted by Crippen LogP contribution is -2.08. The van der Waals surface area contributed by atoms with E-state index < -0.39 is 0 Å². The SMILES string of the molecule is CC(C)Oc1ccc2c(-c3ccccc3)c[nH]c(=O)c2c1. The number of fused-ring (bicyclic) bond motifs is 1. The van der Waals surface area contributed by atoms with E-state index >= 15 is 0 Å². The molecule has 0 aliphatic heterocycles. The molecule has 0 fully saturated rings. The molecule has 3 rings (SSSR count). The molecule has 0 aliphatic rings. The van der Waals surface area contributed by atoms with Crippen molar-refractivity contribution in [3.8, 4) is 16.9 Å². The van der Waals surface area contributed by atoms with Crippen molar-refractivity contribution in [2.75, 3.05) is 0 Å². The van der Waals surface area contributed by atoms with Crippen molar-refractivity contribution in [2.24, 2.45) is 0 Å². The smallest absolute Gasteiger partial charge is 0.255 e. The van der Waals surface area contributed by atoms with Crippen LogP contribution in [0.2, 0.25) is 0 Å². The highest BCUT2D eigenvalue weighted by atomic mass is 16.5. The Labute approximate surface area is 123 Å². The summed E-state index contributed by atoms with van der Waals surface area (Å²) < 4.78 is 5.67. The van der Waals surface area contributed by atoms with Crippen LogP contribution < -0.4 is 10.3 Å². The van der Waals surface area contributed by atoms with Crippen molar-refractivity contribution in [3.05, 3.63) is 65.1 Å². The summed E-state index contributed by atoms with van der Waals surface area (Å²) in [6.07, 6.45) is 1.85. The third-order valence-electron chi connectivity index (χ3n) is 3.33. The van der Waals surface area contributed by atoms with Gasteiger partial charge in [-0.2, -0.15) is 0 Å². The Hall–Kier alpha value is -2.55. The molecule has 1 N–H and O–H groups in total. The summed E-state index contributed by atoms with van der Waals surface area (Å²) in [5.74, 6) is 0.716. The molecule has 0 saturated heterocycles. The maximum absolute atomic E-state index is 12.1. The van der Waals surface area contributed by atoms with E-state index in [2.05, 4.69) is 4.98 Å². The van der Waals surface area contributed by atoms with Crippen LogP contribution in [0.3, 0.4) is 0 Å². The molecular weight excluding hydrogens is 262 g/mol. The van der Waals surface area contributed by atoms with E-state index in [4.69, 9.17) is 4.74 Å². The molecule has 2 aromatic carbocycles. The monoisotopic (exact) mass is 279 g/mol. The highest BCUT2D eigenvalue weighted by Crippen LogP contribution is 2.28. The van der Waals surface area contributed by atoms with Gasteiger partial charge < -0.3 is 9.72 Å². The molecule has 0 unspecified atom stereocenters. The van der Waals surface area contributed by atoms with Crippen LogP contribution in [0.15, 0.2) is 59.5 Å². The van der Waals surface area contributed by atoms with Crippen molar-refractivity contribution in [1.29, 1.82) is 0 Å². The fourth-order valence-corrected chi connectivity index (χ4v) is 2.44. The van der Waals surface area contributed by atoms with Gasteiger partial charge in [-0.15, -0.1) is 0 Å². The van der Waals surface area contributed by atoms with Gasteiger partial charge in [-0.25, -0.2) is 0 Å². The Bertz CT molecular complexity index is 819. The lowest BCUT2D eigenvalue weighted by atomic mass is 10.0. The van der Waals surface area contributed by atoms with Crippen LogP contribution in [-0.2, 0) is 0 Å². The second-order valence-electron chi connectivity index (χ2n) is 5.27. The van der Waals surface area contributed by atoms with Crippen molar-refractivity contribution < 1.29 is 4.74 Å². The maximum Gasteiger partial charge on any atom is 0.255 e. The second kappa shape index (κ2) is 5.44. The molecule has 1 heterocycles. The third-order valence-corrected chi connectivity index (χ3v) is 3.33. The third kappa shape index (κ3) is 2.68. The highest BCUT2D eigenvalue weighted by Gasteiger charge is 2.08. The Morgan fingerprint density at radius 3 is 2.48 bits per heavy atom. The Balaban J connectivity index is 2.21. The number of pyridine rings is 1. The minimum absolute atomic E-state index is 0.0823. The van der Waals surface area contributed by atoms with Gasteiger partial charge in [0.15, 0.2) is 0 Å². The molecule has 0 saturated carbocycles. The van der Waals surface area contributed by atoms with Crippen LogP contribution in [0, 0.1) is 0 Å². The maximum atomic E-state index is 12.1. The standard InChI is InChI=1S/C18H17NO2/c1-12(2)21-14-8-9-15-16(10-14)18(20)19-11-17(15)13-6-4-3-5-7-13/h3-12H,1-2H3,(H,19,20). The highest BCUT2D eigenvalue weighted by molar-refractivity contribution is 5.96. The summed E-state index contributed by atoms with van der Waals surface area (Å²) in [5.41, 5.74) is 2.00. The first-order valence-corrected chi connectivity index (χ1v) is 7.02. The fourth-order valence-electron chi connectivity index (χ4n) is 2.44. The Morgan fingerprint density at radius 1 is 1.00 bits per heavy atom. The van der Waals surface area contributed by atoms with Gasteiger partial charge in [0.05, 0.1) is 11.5 Å². The van der Waals surface area contributed by atoms with Crippen molar-refractivity contribution in [3.63, 3.8) is 0 Å². The van der Waals surface area contributed by atoms with Crippen LogP contribution in [0.1, 0.15) is 13.8 Å². The second-order valence-corrected chi connectivity index (χ2v) is 5.27. The summed E-state index contributed by atoms with van der Waals surface area (Å²) >= 11 is 0. The number of ether oxygens (including phenoxy) is 1. The molecule has 106 valence electrons. The van der Waals surface area contributed by atoms with Crippen molar-refractivity contribution in [1.82, 2.24) is 4.98 Å². The van der Waals surface area contributed by atoms with Crippen LogP contribution in [0.5, 0.6) is 5.75 Å². The number of aromatic amines is 1. The van der Waals surface area contributed by atoms with Gasteiger partial charge in [-0.3, -0.25) is 4.79 Å². The number of hydrogen-bond donors (Lipinski definition) is 1.